The summed E-state index contributed by atoms with van der Waals surface area (Å²) in [6, 6.07) is 9.45. The third-order valence-corrected chi connectivity index (χ3v) is 6.40. The Morgan fingerprint density at radius 1 is 1.24 bits per heavy atom. The normalized spacial score (nSPS) is 19.4. The lowest BCUT2D eigenvalue weighted by atomic mass is 9.92. The van der Waals surface area contributed by atoms with Crippen molar-refractivity contribution in [3.05, 3.63) is 69.5 Å². The maximum atomic E-state index is 13.5. The molecule has 0 bridgehead atoms. The Morgan fingerprint density at radius 2 is 2.00 bits per heavy atom. The highest BCUT2D eigenvalue weighted by Gasteiger charge is 2.50. The van der Waals surface area contributed by atoms with Gasteiger partial charge in [-0.15, -0.1) is 0 Å². The average Bonchev–Trinajstić information content (AvgIpc) is 3.32. The first-order valence-corrected chi connectivity index (χ1v) is 11.6. The molecule has 8 heteroatoms. The van der Waals surface area contributed by atoms with Gasteiger partial charge in [0.05, 0.1) is 0 Å². The quantitative estimate of drug-likeness (QED) is 0.588. The number of benzene rings is 2. The van der Waals surface area contributed by atoms with Crippen molar-refractivity contribution in [1.82, 2.24) is 5.32 Å². The van der Waals surface area contributed by atoms with E-state index in [1.54, 1.807) is 24.3 Å². The van der Waals surface area contributed by atoms with Crippen molar-refractivity contribution in [2.75, 3.05) is 11.4 Å². The Morgan fingerprint density at radius 3 is 2.71 bits per heavy atom. The lowest BCUT2D eigenvalue weighted by Crippen LogP contribution is -2.47. The van der Waals surface area contributed by atoms with Crippen LogP contribution in [-0.4, -0.2) is 40.9 Å². The summed E-state index contributed by atoms with van der Waals surface area (Å²) >= 11 is 5.86. The molecule has 34 heavy (non-hydrogen) atoms. The van der Waals surface area contributed by atoms with E-state index in [1.807, 2.05) is 19.9 Å². The van der Waals surface area contributed by atoms with Crippen LogP contribution in [0.2, 0.25) is 5.02 Å². The van der Waals surface area contributed by atoms with Crippen molar-refractivity contribution in [3.63, 3.8) is 0 Å². The first-order valence-electron chi connectivity index (χ1n) is 11.2. The smallest absolute Gasteiger partial charge is 0.266 e. The summed E-state index contributed by atoms with van der Waals surface area (Å²) in [6.07, 6.45) is 2.34. The minimum absolute atomic E-state index is 0.0243. The number of hydrogen-bond acceptors (Lipinski definition) is 4. The van der Waals surface area contributed by atoms with Crippen LogP contribution in [0.5, 0.6) is 0 Å². The first kappa shape index (κ1) is 24.1. The van der Waals surface area contributed by atoms with Crippen molar-refractivity contribution in [2.45, 2.75) is 51.2 Å². The summed E-state index contributed by atoms with van der Waals surface area (Å²) in [5.74, 6) is -1.90. The number of carbonyl (C=O) groups is 3. The highest BCUT2D eigenvalue weighted by atomic mass is 35.5. The second kappa shape index (κ2) is 9.31. The lowest BCUT2D eigenvalue weighted by molar-refractivity contribution is -0.147. The number of aliphatic hydroxyl groups is 1. The summed E-state index contributed by atoms with van der Waals surface area (Å²) in [4.78, 5) is 39.6. The van der Waals surface area contributed by atoms with E-state index >= 15 is 0 Å². The molecule has 1 aliphatic carbocycles. The van der Waals surface area contributed by atoms with Gasteiger partial charge < -0.3 is 15.3 Å². The molecule has 0 saturated carbocycles. The van der Waals surface area contributed by atoms with Gasteiger partial charge in [-0.2, -0.15) is 0 Å². The number of aryl methyl sites for hydroxylation is 1. The number of fused-ring (bicyclic) bond motifs is 1. The molecule has 0 radical (unpaired) electrons. The third-order valence-electron chi connectivity index (χ3n) is 6.18. The van der Waals surface area contributed by atoms with Crippen LogP contribution in [0, 0.1) is 5.82 Å². The minimum atomic E-state index is -2.12. The number of rotatable bonds is 7. The second-order valence-electron chi connectivity index (χ2n) is 9.13. The molecule has 178 valence electrons. The number of nitrogens with zero attached hydrogens (tertiary/aromatic N) is 1. The molecule has 0 spiro atoms. The minimum Gasteiger partial charge on any atom is -0.373 e. The Kier molecular flexibility index (Phi) is 6.60. The van der Waals surface area contributed by atoms with E-state index in [4.69, 9.17) is 11.6 Å². The maximum absolute atomic E-state index is 13.5. The number of halogens is 2. The molecule has 2 aliphatic rings. The van der Waals surface area contributed by atoms with Gasteiger partial charge in [0.1, 0.15) is 5.82 Å². The molecule has 1 saturated heterocycles. The molecule has 0 aromatic heterocycles. The SMILES string of the molecule is CC(C)NC(=O)C1=Cc2cc(N3CC[C@@](O)(C(=O)CCc4cc(F)cc(Cl)c4)C3=O)ccc2C1. The monoisotopic (exact) mass is 484 g/mol. The van der Waals surface area contributed by atoms with E-state index in [-0.39, 0.29) is 42.8 Å². The number of carbonyl (C=O) groups excluding carboxylic acids is 3. The lowest BCUT2D eigenvalue weighted by Gasteiger charge is -2.22. The zero-order valence-electron chi connectivity index (χ0n) is 19.0. The van der Waals surface area contributed by atoms with Gasteiger partial charge in [-0.1, -0.05) is 17.7 Å². The van der Waals surface area contributed by atoms with Gasteiger partial charge in [-0.05, 0) is 73.4 Å². The summed E-state index contributed by atoms with van der Waals surface area (Å²) in [5.41, 5.74) is 1.43. The highest BCUT2D eigenvalue weighted by molar-refractivity contribution is 6.30. The van der Waals surface area contributed by atoms with Crippen molar-refractivity contribution in [2.24, 2.45) is 0 Å². The summed E-state index contributed by atoms with van der Waals surface area (Å²) in [7, 11) is 0. The first-order chi connectivity index (χ1) is 16.1. The van der Waals surface area contributed by atoms with E-state index in [9.17, 15) is 23.9 Å². The second-order valence-corrected chi connectivity index (χ2v) is 9.56. The molecule has 1 atom stereocenters. The Bertz CT molecular complexity index is 1190. The van der Waals surface area contributed by atoms with Crippen LogP contribution in [0.25, 0.3) is 6.08 Å². The molecular formula is C26H26ClFN2O4. The molecule has 2 aromatic rings. The fourth-order valence-electron chi connectivity index (χ4n) is 4.42. The number of amides is 2. The van der Waals surface area contributed by atoms with Crippen LogP contribution in [0.3, 0.4) is 0 Å². The summed E-state index contributed by atoms with van der Waals surface area (Å²) in [6.45, 7) is 3.98. The number of hydrogen-bond donors (Lipinski definition) is 2. The van der Waals surface area contributed by atoms with Gasteiger partial charge in [0.25, 0.3) is 5.91 Å². The van der Waals surface area contributed by atoms with Crippen LogP contribution < -0.4 is 10.2 Å². The van der Waals surface area contributed by atoms with Crippen LogP contribution in [-0.2, 0) is 27.2 Å². The van der Waals surface area contributed by atoms with Gasteiger partial charge in [0, 0.05) is 48.1 Å². The Labute approximate surface area is 202 Å². The molecular weight excluding hydrogens is 459 g/mol. The summed E-state index contributed by atoms with van der Waals surface area (Å²) in [5, 5.41) is 14.0. The largest absolute Gasteiger partial charge is 0.373 e. The fraction of sp³-hybridized carbons (Fsp3) is 0.346. The van der Waals surface area contributed by atoms with Gasteiger partial charge in [0.2, 0.25) is 11.5 Å². The van der Waals surface area contributed by atoms with Crippen molar-refractivity contribution < 1.29 is 23.9 Å². The van der Waals surface area contributed by atoms with E-state index in [1.165, 1.54) is 17.0 Å². The van der Waals surface area contributed by atoms with E-state index in [0.717, 1.165) is 11.1 Å². The number of Topliss-reactive ketones (excluding diaryl/α,β-unsaturated/α-hetero) is 1. The van der Waals surface area contributed by atoms with Gasteiger partial charge in [0.15, 0.2) is 5.78 Å². The molecule has 1 heterocycles. The van der Waals surface area contributed by atoms with E-state index in [0.29, 0.717) is 23.2 Å². The maximum Gasteiger partial charge on any atom is 0.266 e. The van der Waals surface area contributed by atoms with E-state index in [2.05, 4.69) is 5.32 Å². The Hall–Kier alpha value is -3.03. The topological polar surface area (TPSA) is 86.7 Å². The molecule has 6 nitrogen and oxygen atoms in total. The Balaban J connectivity index is 1.46. The van der Waals surface area contributed by atoms with E-state index < -0.39 is 23.1 Å². The van der Waals surface area contributed by atoms with Crippen LogP contribution >= 0.6 is 11.6 Å². The number of anilines is 1. The predicted octanol–water partition coefficient (Wildman–Crippen LogP) is 3.61. The molecule has 4 rings (SSSR count). The average molecular weight is 485 g/mol. The van der Waals surface area contributed by atoms with Gasteiger partial charge in [-0.3, -0.25) is 14.4 Å². The predicted molar refractivity (Wildman–Crippen MR) is 128 cm³/mol. The van der Waals surface area contributed by atoms with Crippen molar-refractivity contribution in [1.29, 1.82) is 0 Å². The van der Waals surface area contributed by atoms with Crippen LogP contribution in [0.4, 0.5) is 10.1 Å². The highest BCUT2D eigenvalue weighted by Crippen LogP contribution is 2.34. The zero-order chi connectivity index (χ0) is 24.6. The van der Waals surface area contributed by atoms with Crippen molar-refractivity contribution in [3.8, 4) is 0 Å². The standard InChI is InChI=1S/C26H26ClFN2O4/c1-15(2)29-24(32)19-11-17-4-5-22(13-18(17)12-19)30-8-7-26(34,25(30)33)23(31)6-3-16-9-20(27)14-21(28)10-16/h4-5,9-10,12-15,34H,3,6-8,11H2,1-2H3,(H,29,32)/t26-/m1/s1. The molecule has 2 aromatic carbocycles. The van der Waals surface area contributed by atoms with Crippen LogP contribution in [0.1, 0.15) is 43.4 Å². The van der Waals surface area contributed by atoms with Crippen LogP contribution in [0.15, 0.2) is 42.0 Å². The zero-order valence-corrected chi connectivity index (χ0v) is 19.8. The molecule has 1 fully saturated rings. The third kappa shape index (κ3) is 4.76. The number of ketones is 1. The van der Waals surface area contributed by atoms with Gasteiger partial charge >= 0.3 is 0 Å². The van der Waals surface area contributed by atoms with Crippen molar-refractivity contribution >= 4 is 41.0 Å². The van der Waals surface area contributed by atoms with Gasteiger partial charge in [-0.25, -0.2) is 4.39 Å². The number of nitrogens with one attached hydrogen (secondary N) is 1. The molecule has 2 amide bonds. The molecule has 0 unspecified atom stereocenters. The molecule has 2 N–H and O–H groups in total. The molecule has 1 aliphatic heterocycles. The fourth-order valence-corrected chi connectivity index (χ4v) is 4.66. The summed E-state index contributed by atoms with van der Waals surface area (Å²) < 4.78 is 13.5.